The van der Waals surface area contributed by atoms with Gasteiger partial charge < -0.3 is 15.0 Å². The zero-order valence-electron chi connectivity index (χ0n) is 22.4. The molecule has 0 aliphatic heterocycles. The third-order valence-electron chi connectivity index (χ3n) is 6.19. The van der Waals surface area contributed by atoms with E-state index in [9.17, 15) is 18.0 Å². The molecule has 0 aromatic heterocycles. The van der Waals surface area contributed by atoms with E-state index in [-0.39, 0.29) is 18.5 Å². The highest BCUT2D eigenvalue weighted by molar-refractivity contribution is 7.92. The van der Waals surface area contributed by atoms with Crippen molar-refractivity contribution in [2.24, 2.45) is 0 Å². The average Bonchev–Trinajstić information content (AvgIpc) is 2.83. The Labute approximate surface area is 215 Å². The predicted octanol–water partition coefficient (Wildman–Crippen LogP) is 3.80. The van der Waals surface area contributed by atoms with Gasteiger partial charge in [-0.3, -0.25) is 13.9 Å². The summed E-state index contributed by atoms with van der Waals surface area (Å²) < 4.78 is 32.1. The van der Waals surface area contributed by atoms with Gasteiger partial charge in [0.1, 0.15) is 18.3 Å². The Hall–Kier alpha value is -3.07. The Kier molecular flexibility index (Phi) is 10.3. The standard InChI is InChI=1S/C27H39N3O5S/c1-8-21(5)28-27(32)24(9-2)29(17-22-11-10-12-23(16-22)35-6)26(31)18-30(36(7,33)34)25-15-19(3)13-14-20(25)4/h10-16,21,24H,8-9,17-18H2,1-7H3,(H,28,32)/t21-,24-/m1/s1. The van der Waals surface area contributed by atoms with E-state index in [1.807, 2.05) is 52.0 Å². The first-order valence-corrected chi connectivity index (χ1v) is 14.0. The molecule has 2 atom stereocenters. The number of amides is 2. The number of ether oxygens (including phenoxy) is 1. The van der Waals surface area contributed by atoms with Crippen molar-refractivity contribution in [3.63, 3.8) is 0 Å². The number of aryl methyl sites for hydroxylation is 2. The number of nitrogens with zero attached hydrogens (tertiary/aromatic N) is 2. The summed E-state index contributed by atoms with van der Waals surface area (Å²) in [6.45, 7) is 9.11. The second kappa shape index (κ2) is 12.8. The van der Waals surface area contributed by atoms with Crippen molar-refractivity contribution in [3.8, 4) is 5.75 Å². The van der Waals surface area contributed by atoms with Crippen molar-refractivity contribution >= 4 is 27.5 Å². The quantitative estimate of drug-likeness (QED) is 0.462. The van der Waals surface area contributed by atoms with Crippen LogP contribution in [0.25, 0.3) is 0 Å². The number of rotatable bonds is 12. The normalized spacial score (nSPS) is 13.0. The van der Waals surface area contributed by atoms with Crippen LogP contribution in [0.15, 0.2) is 42.5 Å². The topological polar surface area (TPSA) is 96.0 Å². The molecular formula is C27H39N3O5S. The van der Waals surface area contributed by atoms with Crippen molar-refractivity contribution in [1.82, 2.24) is 10.2 Å². The monoisotopic (exact) mass is 517 g/mol. The molecule has 36 heavy (non-hydrogen) atoms. The highest BCUT2D eigenvalue weighted by atomic mass is 32.2. The Morgan fingerprint density at radius 1 is 1.06 bits per heavy atom. The summed E-state index contributed by atoms with van der Waals surface area (Å²) in [7, 11) is -2.22. The lowest BCUT2D eigenvalue weighted by atomic mass is 10.1. The van der Waals surface area contributed by atoms with Crippen molar-refractivity contribution in [1.29, 1.82) is 0 Å². The zero-order valence-corrected chi connectivity index (χ0v) is 23.2. The molecule has 1 N–H and O–H groups in total. The highest BCUT2D eigenvalue weighted by Gasteiger charge is 2.32. The molecule has 0 saturated carbocycles. The number of benzene rings is 2. The van der Waals surface area contributed by atoms with Gasteiger partial charge in [0.05, 0.1) is 19.1 Å². The summed E-state index contributed by atoms with van der Waals surface area (Å²) in [4.78, 5) is 28.5. The van der Waals surface area contributed by atoms with Crippen molar-refractivity contribution in [3.05, 3.63) is 59.2 Å². The molecule has 0 unspecified atom stereocenters. The molecule has 0 spiro atoms. The number of carbonyl (C=O) groups is 2. The van der Waals surface area contributed by atoms with Crippen LogP contribution in [0, 0.1) is 13.8 Å². The second-order valence-corrected chi connectivity index (χ2v) is 11.1. The number of hydrogen-bond donors (Lipinski definition) is 1. The fourth-order valence-corrected chi connectivity index (χ4v) is 4.81. The number of sulfonamides is 1. The molecule has 198 valence electrons. The predicted molar refractivity (Wildman–Crippen MR) is 144 cm³/mol. The Morgan fingerprint density at radius 2 is 1.75 bits per heavy atom. The van der Waals surface area contributed by atoms with Gasteiger partial charge in [-0.1, -0.05) is 38.1 Å². The zero-order chi connectivity index (χ0) is 27.0. The fraction of sp³-hybridized carbons (Fsp3) is 0.481. The van der Waals surface area contributed by atoms with Crippen molar-refractivity contribution < 1.29 is 22.7 Å². The van der Waals surface area contributed by atoms with E-state index in [0.29, 0.717) is 17.9 Å². The summed E-state index contributed by atoms with van der Waals surface area (Å²) in [5, 5.41) is 2.97. The molecular weight excluding hydrogens is 478 g/mol. The van der Waals surface area contributed by atoms with Crippen LogP contribution in [-0.4, -0.2) is 57.1 Å². The Balaban J connectivity index is 2.50. The van der Waals surface area contributed by atoms with E-state index in [2.05, 4.69) is 5.32 Å². The van der Waals surface area contributed by atoms with E-state index >= 15 is 0 Å². The van der Waals surface area contributed by atoms with Crippen LogP contribution in [0.2, 0.25) is 0 Å². The largest absolute Gasteiger partial charge is 0.497 e. The maximum absolute atomic E-state index is 13.8. The first-order valence-electron chi connectivity index (χ1n) is 12.2. The molecule has 0 bridgehead atoms. The Bertz CT molecular complexity index is 1170. The summed E-state index contributed by atoms with van der Waals surface area (Å²) >= 11 is 0. The van der Waals surface area contributed by atoms with Crippen LogP contribution in [0.4, 0.5) is 5.69 Å². The van der Waals surface area contributed by atoms with Gasteiger partial charge in [-0.05, 0) is 68.5 Å². The van der Waals surface area contributed by atoms with Crippen LogP contribution < -0.4 is 14.4 Å². The van der Waals surface area contributed by atoms with Crippen LogP contribution in [0.3, 0.4) is 0 Å². The first-order chi connectivity index (χ1) is 16.9. The lowest BCUT2D eigenvalue weighted by molar-refractivity contribution is -0.140. The minimum atomic E-state index is -3.78. The number of hydrogen-bond acceptors (Lipinski definition) is 5. The average molecular weight is 518 g/mol. The molecule has 9 heteroatoms. The first kappa shape index (κ1) is 29.2. The number of nitrogens with one attached hydrogen (secondary N) is 1. The fourth-order valence-electron chi connectivity index (χ4n) is 3.91. The third-order valence-corrected chi connectivity index (χ3v) is 7.31. The second-order valence-electron chi connectivity index (χ2n) is 9.17. The molecule has 2 aromatic rings. The summed E-state index contributed by atoms with van der Waals surface area (Å²) in [6, 6.07) is 11.9. The van der Waals surface area contributed by atoms with Crippen LogP contribution in [0.5, 0.6) is 5.75 Å². The maximum atomic E-state index is 13.8. The lowest BCUT2D eigenvalue weighted by Gasteiger charge is -2.33. The van der Waals surface area contributed by atoms with Gasteiger partial charge in [0, 0.05) is 12.6 Å². The van der Waals surface area contributed by atoms with E-state index < -0.39 is 28.5 Å². The Morgan fingerprint density at radius 3 is 2.33 bits per heavy atom. The smallest absolute Gasteiger partial charge is 0.244 e. The third kappa shape index (κ3) is 7.71. The molecule has 0 fully saturated rings. The van der Waals surface area contributed by atoms with Gasteiger partial charge in [0.15, 0.2) is 0 Å². The highest BCUT2D eigenvalue weighted by Crippen LogP contribution is 2.25. The van der Waals surface area contributed by atoms with E-state index in [1.165, 1.54) is 4.90 Å². The van der Waals surface area contributed by atoms with Crippen LogP contribution >= 0.6 is 0 Å². The van der Waals surface area contributed by atoms with Gasteiger partial charge in [-0.25, -0.2) is 8.42 Å². The lowest BCUT2D eigenvalue weighted by Crippen LogP contribution is -2.53. The number of anilines is 1. The van der Waals surface area contributed by atoms with E-state index in [4.69, 9.17) is 4.74 Å². The van der Waals surface area contributed by atoms with E-state index in [0.717, 1.165) is 33.7 Å². The SMILES string of the molecule is CC[C@@H](C)NC(=O)[C@@H](CC)N(Cc1cccc(OC)c1)C(=O)CN(c1cc(C)ccc1C)S(C)(=O)=O. The van der Waals surface area contributed by atoms with Crippen LogP contribution in [-0.2, 0) is 26.2 Å². The van der Waals surface area contributed by atoms with E-state index in [1.54, 1.807) is 32.2 Å². The van der Waals surface area contributed by atoms with Gasteiger partial charge in [-0.15, -0.1) is 0 Å². The molecule has 2 amide bonds. The summed E-state index contributed by atoms with van der Waals surface area (Å²) in [5.74, 6) is -0.0961. The minimum Gasteiger partial charge on any atom is -0.497 e. The summed E-state index contributed by atoms with van der Waals surface area (Å²) in [6.07, 6.45) is 2.21. The molecule has 8 nitrogen and oxygen atoms in total. The molecule has 0 aliphatic carbocycles. The molecule has 0 saturated heterocycles. The van der Waals surface area contributed by atoms with Gasteiger partial charge in [-0.2, -0.15) is 0 Å². The molecule has 0 aliphatic rings. The van der Waals surface area contributed by atoms with Crippen molar-refractivity contribution in [2.45, 2.75) is 66.1 Å². The number of carbonyl (C=O) groups excluding carboxylic acids is 2. The van der Waals surface area contributed by atoms with Gasteiger partial charge in [0.2, 0.25) is 21.8 Å². The van der Waals surface area contributed by atoms with Gasteiger partial charge >= 0.3 is 0 Å². The molecule has 0 radical (unpaired) electrons. The van der Waals surface area contributed by atoms with Crippen molar-refractivity contribution in [2.75, 3.05) is 24.2 Å². The molecule has 0 heterocycles. The maximum Gasteiger partial charge on any atom is 0.244 e. The molecule has 2 rings (SSSR count). The minimum absolute atomic E-state index is 0.0530. The van der Waals surface area contributed by atoms with Crippen LogP contribution in [0.1, 0.15) is 50.3 Å². The number of methoxy groups -OCH3 is 1. The molecule has 2 aromatic carbocycles. The summed E-state index contributed by atoms with van der Waals surface area (Å²) in [5.41, 5.74) is 2.84. The van der Waals surface area contributed by atoms with Gasteiger partial charge in [0.25, 0.3) is 0 Å².